The van der Waals surface area contributed by atoms with Crippen LogP contribution in [0.3, 0.4) is 0 Å². The Labute approximate surface area is 131 Å². The van der Waals surface area contributed by atoms with Crippen molar-refractivity contribution in [2.75, 3.05) is 0 Å². The summed E-state index contributed by atoms with van der Waals surface area (Å²) < 4.78 is 3.21. The average molecular weight is 343 g/mol. The fraction of sp³-hybridized carbons (Fsp3) is 0.429. The van der Waals surface area contributed by atoms with E-state index in [-0.39, 0.29) is 0 Å². The maximum Gasteiger partial charge on any atom is 0.0904 e. The molecular formula is C14H22S3Si2. The van der Waals surface area contributed by atoms with Crippen LogP contribution in [0.4, 0.5) is 0 Å². The van der Waals surface area contributed by atoms with E-state index in [0.717, 1.165) is 0 Å². The molecule has 0 aromatic carbocycles. The molecule has 19 heavy (non-hydrogen) atoms. The van der Waals surface area contributed by atoms with Crippen molar-refractivity contribution >= 4 is 59.6 Å². The minimum atomic E-state index is -1.14. The molecule has 2 rings (SSSR count). The van der Waals surface area contributed by atoms with Crippen molar-refractivity contribution in [2.24, 2.45) is 0 Å². The second kappa shape index (κ2) is 5.52. The van der Waals surface area contributed by atoms with E-state index in [9.17, 15) is 0 Å². The summed E-state index contributed by atoms with van der Waals surface area (Å²) in [5.41, 5.74) is 0. The third-order valence-corrected chi connectivity index (χ3v) is 13.2. The lowest BCUT2D eigenvalue weighted by atomic mass is 10.6. The third kappa shape index (κ3) is 4.08. The SMILES string of the molecule is C[Si](C)(C)c1cc(Sc2csc([Si](C)(C)C)c2)cs1. The first-order valence-electron chi connectivity index (χ1n) is 6.52. The Morgan fingerprint density at radius 3 is 1.37 bits per heavy atom. The van der Waals surface area contributed by atoms with Crippen molar-refractivity contribution in [1.82, 2.24) is 0 Å². The zero-order valence-electron chi connectivity index (χ0n) is 12.5. The lowest BCUT2D eigenvalue weighted by Gasteiger charge is -2.12. The number of hydrogen-bond donors (Lipinski definition) is 0. The van der Waals surface area contributed by atoms with Gasteiger partial charge in [0.2, 0.25) is 0 Å². The third-order valence-electron chi connectivity index (χ3n) is 2.86. The normalized spacial score (nSPS) is 12.9. The zero-order valence-corrected chi connectivity index (χ0v) is 17.0. The van der Waals surface area contributed by atoms with Crippen molar-refractivity contribution in [2.45, 2.75) is 49.1 Å². The Kier molecular flexibility index (Phi) is 4.52. The Morgan fingerprint density at radius 2 is 1.11 bits per heavy atom. The lowest BCUT2D eigenvalue weighted by molar-refractivity contribution is 1.52. The molecule has 0 amide bonds. The van der Waals surface area contributed by atoms with Crippen LogP contribution in [0, 0.1) is 0 Å². The van der Waals surface area contributed by atoms with Crippen molar-refractivity contribution in [3.05, 3.63) is 22.9 Å². The maximum absolute atomic E-state index is 2.42. The molecule has 0 bridgehead atoms. The molecule has 2 aromatic rings. The van der Waals surface area contributed by atoms with Gasteiger partial charge in [0.25, 0.3) is 0 Å². The van der Waals surface area contributed by atoms with Gasteiger partial charge in [0.1, 0.15) is 0 Å². The summed E-state index contributed by atoms with van der Waals surface area (Å²) in [7, 11) is -2.28. The van der Waals surface area contributed by atoms with E-state index in [0.29, 0.717) is 0 Å². The van der Waals surface area contributed by atoms with Gasteiger partial charge in [-0.05, 0) is 21.1 Å². The van der Waals surface area contributed by atoms with Gasteiger partial charge in [-0.25, -0.2) is 0 Å². The predicted molar refractivity (Wildman–Crippen MR) is 98.7 cm³/mol. The fourth-order valence-corrected chi connectivity index (χ4v) is 8.70. The minimum absolute atomic E-state index is 1.14. The number of thiophene rings is 2. The molecule has 0 aliphatic rings. The van der Waals surface area contributed by atoms with Gasteiger partial charge in [-0.15, -0.1) is 0 Å². The molecular weight excluding hydrogens is 321 g/mol. The van der Waals surface area contributed by atoms with Crippen LogP contribution in [0.25, 0.3) is 0 Å². The highest BCUT2D eigenvalue weighted by atomic mass is 32.2. The first kappa shape index (κ1) is 15.6. The summed E-state index contributed by atoms with van der Waals surface area (Å²) in [5.74, 6) is 0. The Morgan fingerprint density at radius 1 is 0.737 bits per heavy atom. The molecule has 0 unspecified atom stereocenters. The van der Waals surface area contributed by atoms with Gasteiger partial charge in [-0.3, -0.25) is 0 Å². The Hall–Kier alpha value is 0.184. The van der Waals surface area contributed by atoms with Crippen LogP contribution >= 0.6 is 34.4 Å². The molecule has 0 N–H and O–H groups in total. The molecule has 0 fully saturated rings. The van der Waals surface area contributed by atoms with E-state index >= 15 is 0 Å². The van der Waals surface area contributed by atoms with Crippen LogP contribution in [0.2, 0.25) is 39.3 Å². The van der Waals surface area contributed by atoms with E-state index in [2.05, 4.69) is 62.2 Å². The molecule has 0 atom stereocenters. The number of rotatable bonds is 4. The molecule has 0 radical (unpaired) electrons. The summed E-state index contributed by atoms with van der Waals surface area (Å²) in [6.07, 6.45) is 0. The molecule has 0 saturated carbocycles. The fourth-order valence-electron chi connectivity index (χ4n) is 1.67. The highest BCUT2D eigenvalue weighted by Crippen LogP contribution is 2.31. The summed E-state index contributed by atoms with van der Waals surface area (Å²) >= 11 is 5.81. The average Bonchev–Trinajstić information content (AvgIpc) is 2.84. The van der Waals surface area contributed by atoms with Crippen molar-refractivity contribution in [3.63, 3.8) is 0 Å². The highest BCUT2D eigenvalue weighted by Gasteiger charge is 2.20. The number of hydrogen-bond acceptors (Lipinski definition) is 3. The monoisotopic (exact) mass is 342 g/mol. The van der Waals surface area contributed by atoms with Crippen LogP contribution in [0.15, 0.2) is 32.7 Å². The topological polar surface area (TPSA) is 0 Å². The van der Waals surface area contributed by atoms with Crippen molar-refractivity contribution < 1.29 is 0 Å². The van der Waals surface area contributed by atoms with Gasteiger partial charge >= 0.3 is 0 Å². The van der Waals surface area contributed by atoms with Gasteiger partial charge in [-0.2, -0.15) is 22.7 Å². The second-order valence-corrected chi connectivity index (χ2v) is 20.7. The molecule has 104 valence electrons. The van der Waals surface area contributed by atoms with Gasteiger partial charge in [0.05, 0.1) is 16.1 Å². The zero-order chi connectivity index (χ0) is 14.3. The maximum atomic E-state index is 2.42. The second-order valence-electron chi connectivity index (χ2n) is 6.90. The summed E-state index contributed by atoms with van der Waals surface area (Å²) in [4.78, 5) is 2.84. The quantitative estimate of drug-likeness (QED) is 0.701. The minimum Gasteiger partial charge on any atom is -0.152 e. The largest absolute Gasteiger partial charge is 0.152 e. The van der Waals surface area contributed by atoms with Crippen LogP contribution in [0.1, 0.15) is 0 Å². The molecule has 2 heterocycles. The predicted octanol–water partition coefficient (Wildman–Crippen LogP) is 5.05. The summed E-state index contributed by atoms with van der Waals surface area (Å²) in [5, 5.41) is 4.65. The van der Waals surface area contributed by atoms with E-state index < -0.39 is 16.1 Å². The van der Waals surface area contributed by atoms with E-state index in [1.54, 1.807) is 9.00 Å². The van der Waals surface area contributed by atoms with Gasteiger partial charge in [-0.1, -0.05) is 51.0 Å². The van der Waals surface area contributed by atoms with Crippen molar-refractivity contribution in [3.8, 4) is 0 Å². The van der Waals surface area contributed by atoms with Crippen LogP contribution in [0.5, 0.6) is 0 Å². The summed E-state index contributed by atoms with van der Waals surface area (Å²) in [6.45, 7) is 14.5. The Balaban J connectivity index is 2.14. The molecule has 0 nitrogen and oxygen atoms in total. The molecule has 0 spiro atoms. The van der Waals surface area contributed by atoms with Gasteiger partial charge in [0.15, 0.2) is 0 Å². The molecule has 0 saturated heterocycles. The smallest absolute Gasteiger partial charge is 0.0904 e. The standard InChI is InChI=1S/C14H22S3Si2/c1-18(2,3)13-7-11(9-15-13)17-12-8-14(16-10-12)19(4,5)6/h7-10H,1-6H3. The molecule has 2 aromatic heterocycles. The molecule has 0 aliphatic heterocycles. The van der Waals surface area contributed by atoms with E-state index in [1.807, 2.05) is 34.4 Å². The van der Waals surface area contributed by atoms with Crippen LogP contribution in [-0.4, -0.2) is 16.1 Å². The van der Waals surface area contributed by atoms with Gasteiger partial charge in [0, 0.05) is 20.6 Å². The first-order chi connectivity index (χ1) is 8.66. The van der Waals surface area contributed by atoms with Gasteiger partial charge < -0.3 is 0 Å². The molecule has 0 aliphatic carbocycles. The van der Waals surface area contributed by atoms with E-state index in [1.165, 1.54) is 9.79 Å². The first-order valence-corrected chi connectivity index (χ1v) is 16.1. The van der Waals surface area contributed by atoms with Crippen LogP contribution in [-0.2, 0) is 0 Å². The lowest BCUT2D eigenvalue weighted by Crippen LogP contribution is -2.34. The van der Waals surface area contributed by atoms with Crippen LogP contribution < -0.4 is 9.00 Å². The summed E-state index contributed by atoms with van der Waals surface area (Å²) in [6, 6.07) is 4.82. The Bertz CT molecular complexity index is 505. The highest BCUT2D eigenvalue weighted by molar-refractivity contribution is 7.99. The van der Waals surface area contributed by atoms with E-state index in [4.69, 9.17) is 0 Å². The molecule has 5 heteroatoms. The van der Waals surface area contributed by atoms with Crippen molar-refractivity contribution in [1.29, 1.82) is 0 Å².